The van der Waals surface area contributed by atoms with Crippen molar-refractivity contribution in [2.75, 3.05) is 26.2 Å². The van der Waals surface area contributed by atoms with Gasteiger partial charge < -0.3 is 15.0 Å². The largest absolute Gasteiger partial charge is 0.484 e. The molecule has 1 amide bonds. The van der Waals surface area contributed by atoms with E-state index in [2.05, 4.69) is 17.2 Å². The summed E-state index contributed by atoms with van der Waals surface area (Å²) in [6.45, 7) is 6.36. The fourth-order valence-electron chi connectivity index (χ4n) is 2.91. The van der Waals surface area contributed by atoms with Crippen LogP contribution >= 0.6 is 12.4 Å². The first-order valence-corrected chi connectivity index (χ1v) is 8.25. The summed E-state index contributed by atoms with van der Waals surface area (Å²) in [5.41, 5.74) is 3.42. The van der Waals surface area contributed by atoms with E-state index in [4.69, 9.17) is 4.74 Å². The van der Waals surface area contributed by atoms with Crippen molar-refractivity contribution in [1.82, 2.24) is 15.2 Å². The molecule has 1 fully saturated rings. The number of hydrogen-bond acceptors (Lipinski definition) is 4. The Bertz CT molecular complexity index is 709. The van der Waals surface area contributed by atoms with Gasteiger partial charge in [-0.2, -0.15) is 0 Å². The number of carbonyl (C=O) groups excluding carboxylic acids is 1. The fraction of sp³-hybridized carbons (Fsp3) is 0.368. The van der Waals surface area contributed by atoms with Gasteiger partial charge in [0.25, 0.3) is 5.91 Å². The number of halogens is 1. The smallest absolute Gasteiger partial charge is 0.261 e. The Kier molecular flexibility index (Phi) is 6.79. The van der Waals surface area contributed by atoms with Gasteiger partial charge in [0.15, 0.2) is 6.61 Å². The maximum absolute atomic E-state index is 12.7. The van der Waals surface area contributed by atoms with E-state index in [-0.39, 0.29) is 31.0 Å². The van der Waals surface area contributed by atoms with Crippen LogP contribution in [0.5, 0.6) is 5.75 Å². The highest BCUT2D eigenvalue weighted by atomic mass is 35.5. The number of nitrogens with one attached hydrogen (secondary N) is 1. The summed E-state index contributed by atoms with van der Waals surface area (Å²) in [4.78, 5) is 18.7. The van der Waals surface area contributed by atoms with Crippen LogP contribution in [0.1, 0.15) is 22.7 Å². The second-order valence-electron chi connectivity index (χ2n) is 6.13. The zero-order valence-corrected chi connectivity index (χ0v) is 15.4. The molecule has 5 nitrogen and oxygen atoms in total. The molecule has 1 aliphatic heterocycles. The van der Waals surface area contributed by atoms with Gasteiger partial charge in [0.05, 0.1) is 6.04 Å². The third kappa shape index (κ3) is 4.71. The summed E-state index contributed by atoms with van der Waals surface area (Å²) in [6.07, 6.45) is 3.57. The molecular weight excluding hydrogens is 338 g/mol. The molecule has 0 saturated carbocycles. The number of piperazine rings is 1. The normalized spacial score (nSPS) is 16.9. The van der Waals surface area contributed by atoms with Crippen LogP contribution < -0.4 is 10.1 Å². The van der Waals surface area contributed by atoms with Crippen LogP contribution in [0.4, 0.5) is 0 Å². The second kappa shape index (κ2) is 8.83. The molecule has 2 aromatic rings. The average molecular weight is 362 g/mol. The molecule has 1 N–H and O–H groups in total. The number of rotatable bonds is 4. The van der Waals surface area contributed by atoms with Gasteiger partial charge in [-0.05, 0) is 48.7 Å². The van der Waals surface area contributed by atoms with E-state index in [9.17, 15) is 4.79 Å². The number of ether oxygens (including phenoxy) is 1. The average Bonchev–Trinajstić information content (AvgIpc) is 2.63. The Labute approximate surface area is 154 Å². The van der Waals surface area contributed by atoms with E-state index >= 15 is 0 Å². The van der Waals surface area contributed by atoms with Gasteiger partial charge in [0.2, 0.25) is 0 Å². The highest BCUT2D eigenvalue weighted by molar-refractivity contribution is 5.85. The number of pyridine rings is 1. The zero-order valence-electron chi connectivity index (χ0n) is 14.6. The molecule has 1 atom stereocenters. The van der Waals surface area contributed by atoms with Gasteiger partial charge in [-0.25, -0.2) is 0 Å². The molecule has 1 unspecified atom stereocenters. The maximum atomic E-state index is 12.7. The molecule has 0 radical (unpaired) electrons. The molecular formula is C19H24ClN3O2. The lowest BCUT2D eigenvalue weighted by Crippen LogP contribution is -2.50. The first-order valence-electron chi connectivity index (χ1n) is 8.25. The SMILES string of the molecule is Cc1ccc(OCC(=O)N2CCNCC2c2cccnc2)cc1C.Cl. The molecule has 2 heterocycles. The highest BCUT2D eigenvalue weighted by Crippen LogP contribution is 2.22. The summed E-state index contributed by atoms with van der Waals surface area (Å²) in [6, 6.07) is 9.81. The summed E-state index contributed by atoms with van der Waals surface area (Å²) >= 11 is 0. The number of benzene rings is 1. The van der Waals surface area contributed by atoms with Crippen LogP contribution in [-0.2, 0) is 4.79 Å². The first kappa shape index (κ1) is 19.2. The quantitative estimate of drug-likeness (QED) is 0.909. The minimum absolute atomic E-state index is 0. The van der Waals surface area contributed by atoms with Crippen LogP contribution in [0, 0.1) is 13.8 Å². The molecule has 25 heavy (non-hydrogen) atoms. The van der Waals surface area contributed by atoms with Crippen molar-refractivity contribution in [2.24, 2.45) is 0 Å². The zero-order chi connectivity index (χ0) is 16.9. The van der Waals surface area contributed by atoms with Gasteiger partial charge in [-0.1, -0.05) is 12.1 Å². The van der Waals surface area contributed by atoms with Crippen LogP contribution in [0.3, 0.4) is 0 Å². The molecule has 0 bridgehead atoms. The Hall–Kier alpha value is -2.11. The minimum Gasteiger partial charge on any atom is -0.484 e. The van der Waals surface area contributed by atoms with Crippen molar-refractivity contribution in [1.29, 1.82) is 0 Å². The topological polar surface area (TPSA) is 54.5 Å². The summed E-state index contributed by atoms with van der Waals surface area (Å²) in [7, 11) is 0. The van der Waals surface area contributed by atoms with Crippen LogP contribution in [0.15, 0.2) is 42.7 Å². The van der Waals surface area contributed by atoms with Crippen molar-refractivity contribution in [3.8, 4) is 5.75 Å². The first-order chi connectivity index (χ1) is 11.6. The van der Waals surface area contributed by atoms with Gasteiger partial charge in [-0.15, -0.1) is 12.4 Å². The maximum Gasteiger partial charge on any atom is 0.261 e. The lowest BCUT2D eigenvalue weighted by molar-refractivity contribution is -0.136. The molecule has 1 aromatic carbocycles. The van der Waals surface area contributed by atoms with Crippen LogP contribution in [0.25, 0.3) is 0 Å². The van der Waals surface area contributed by atoms with Crippen molar-refractivity contribution >= 4 is 18.3 Å². The van der Waals surface area contributed by atoms with Gasteiger partial charge in [0.1, 0.15) is 5.75 Å². The summed E-state index contributed by atoms with van der Waals surface area (Å²) < 4.78 is 5.71. The third-order valence-electron chi connectivity index (χ3n) is 4.47. The van der Waals surface area contributed by atoms with Crippen molar-refractivity contribution in [3.05, 3.63) is 59.4 Å². The van der Waals surface area contributed by atoms with Crippen LogP contribution in [0.2, 0.25) is 0 Å². The van der Waals surface area contributed by atoms with Crippen molar-refractivity contribution < 1.29 is 9.53 Å². The van der Waals surface area contributed by atoms with Gasteiger partial charge in [0, 0.05) is 32.0 Å². The molecule has 1 saturated heterocycles. The summed E-state index contributed by atoms with van der Waals surface area (Å²) in [5.74, 6) is 0.739. The predicted octanol–water partition coefficient (Wildman–Crippen LogP) is 2.67. The van der Waals surface area contributed by atoms with Gasteiger partial charge in [-0.3, -0.25) is 9.78 Å². The highest BCUT2D eigenvalue weighted by Gasteiger charge is 2.28. The third-order valence-corrected chi connectivity index (χ3v) is 4.47. The van der Waals surface area contributed by atoms with Crippen LogP contribution in [-0.4, -0.2) is 42.0 Å². The van der Waals surface area contributed by atoms with Crippen molar-refractivity contribution in [3.63, 3.8) is 0 Å². The lowest BCUT2D eigenvalue weighted by Gasteiger charge is -2.36. The Morgan fingerprint density at radius 1 is 1.32 bits per heavy atom. The molecule has 134 valence electrons. The number of carbonyl (C=O) groups is 1. The molecule has 0 aliphatic carbocycles. The van der Waals surface area contributed by atoms with Gasteiger partial charge >= 0.3 is 0 Å². The van der Waals surface area contributed by atoms with E-state index in [1.165, 1.54) is 5.56 Å². The number of aryl methyl sites for hydroxylation is 2. The van der Waals surface area contributed by atoms with Crippen molar-refractivity contribution in [2.45, 2.75) is 19.9 Å². The molecule has 1 aromatic heterocycles. The Balaban J connectivity index is 0.00000225. The molecule has 1 aliphatic rings. The Morgan fingerprint density at radius 3 is 2.88 bits per heavy atom. The van der Waals surface area contributed by atoms with E-state index in [1.54, 1.807) is 6.20 Å². The second-order valence-corrected chi connectivity index (χ2v) is 6.13. The molecule has 6 heteroatoms. The summed E-state index contributed by atoms with van der Waals surface area (Å²) in [5, 5.41) is 3.34. The van der Waals surface area contributed by atoms with E-state index in [0.29, 0.717) is 6.54 Å². The minimum atomic E-state index is 0. The number of aromatic nitrogens is 1. The number of nitrogens with zero attached hydrogens (tertiary/aromatic N) is 2. The Morgan fingerprint density at radius 2 is 2.16 bits per heavy atom. The molecule has 0 spiro atoms. The predicted molar refractivity (Wildman–Crippen MR) is 100 cm³/mol. The standard InChI is InChI=1S/C19H23N3O2.ClH/c1-14-5-6-17(10-15(14)2)24-13-19(23)22-9-8-21-12-18(22)16-4-3-7-20-11-16;/h3-7,10-11,18,21H,8-9,12-13H2,1-2H3;1H. The van der Waals surface area contributed by atoms with E-state index in [0.717, 1.165) is 30.0 Å². The van der Waals surface area contributed by atoms with E-state index < -0.39 is 0 Å². The lowest BCUT2D eigenvalue weighted by atomic mass is 10.1. The number of amides is 1. The van der Waals surface area contributed by atoms with E-state index in [1.807, 2.05) is 48.4 Å². The monoisotopic (exact) mass is 361 g/mol. The molecule has 3 rings (SSSR count). The number of hydrogen-bond donors (Lipinski definition) is 1. The fourth-order valence-corrected chi connectivity index (χ4v) is 2.91.